The second-order valence-electron chi connectivity index (χ2n) is 6.35. The van der Waals surface area contributed by atoms with E-state index in [2.05, 4.69) is 19.6 Å². The maximum Gasteiger partial charge on any atom is 1.00 e. The first kappa shape index (κ1) is 32.4. The molecule has 0 aliphatic heterocycles. The maximum absolute atomic E-state index is 12.3. The predicted octanol–water partition coefficient (Wildman–Crippen LogP) is -3.67. The van der Waals surface area contributed by atoms with Crippen LogP contribution in [0, 0.1) is 0 Å². The van der Waals surface area contributed by atoms with Gasteiger partial charge in [-0.25, -0.2) is 16.8 Å². The van der Waals surface area contributed by atoms with Crippen LogP contribution < -0.4 is 70.1 Å². The zero-order valence-electron chi connectivity index (χ0n) is 18.5. The standard InChI is InChI=1S/C18H17N3O9S3.2Na/c19-18-15-4-2-1-3-14(15)17(33(25,26)27)11-16(18)21-20-12-5-7-13(8-6-12)32(23,24)10-9-28-31-30-29-22;;/h1-8,11,22H,9-10,19H2,(H,25,26,27);;/q;2*+1/p-2. The average Bonchev–Trinajstić information content (AvgIpc) is 2.78. The molecule has 0 bridgehead atoms. The van der Waals surface area contributed by atoms with Crippen molar-refractivity contribution < 1.29 is 99.3 Å². The fourth-order valence-corrected chi connectivity index (χ4v) is 4.91. The fourth-order valence-electron chi connectivity index (χ4n) is 2.80. The van der Waals surface area contributed by atoms with Gasteiger partial charge in [0.25, 0.3) is 0 Å². The van der Waals surface area contributed by atoms with Gasteiger partial charge in [-0.2, -0.15) is 5.11 Å². The van der Waals surface area contributed by atoms with E-state index in [9.17, 15) is 26.6 Å². The Morgan fingerprint density at radius 1 is 0.943 bits per heavy atom. The van der Waals surface area contributed by atoms with Crippen LogP contribution in [0.1, 0.15) is 0 Å². The molecule has 0 aromatic heterocycles. The molecule has 0 unspecified atom stereocenters. The Morgan fingerprint density at radius 3 is 2.17 bits per heavy atom. The summed E-state index contributed by atoms with van der Waals surface area (Å²) in [5.74, 6) is -0.386. The first-order valence-corrected chi connectivity index (χ1v) is 12.6. The molecule has 176 valence electrons. The van der Waals surface area contributed by atoms with Gasteiger partial charge in [0.05, 0.1) is 33.5 Å². The van der Waals surface area contributed by atoms with Gasteiger partial charge in [-0.15, -0.1) is 9.45 Å². The number of nitrogens with two attached hydrogens (primary N) is 1. The van der Waals surface area contributed by atoms with Crippen molar-refractivity contribution in [3.05, 3.63) is 54.6 Å². The minimum atomic E-state index is -4.80. The van der Waals surface area contributed by atoms with Gasteiger partial charge in [-0.05, 0) is 30.3 Å². The number of hydrogen-bond acceptors (Lipinski definition) is 13. The van der Waals surface area contributed by atoms with Crippen LogP contribution in [0.15, 0.2) is 74.6 Å². The molecule has 0 saturated heterocycles. The summed E-state index contributed by atoms with van der Waals surface area (Å²) < 4.78 is 68.1. The number of nitrogens with zero attached hydrogens (tertiary/aromatic N) is 2. The third-order valence-electron chi connectivity index (χ3n) is 4.30. The summed E-state index contributed by atoms with van der Waals surface area (Å²) in [4.78, 5) is -0.490. The Labute approximate surface area is 249 Å². The molecular formula is C18H15N3Na2O9S3. The molecule has 0 heterocycles. The molecule has 3 rings (SSSR count). The quantitative estimate of drug-likeness (QED) is 0.0376. The molecule has 35 heavy (non-hydrogen) atoms. The minimum Gasteiger partial charge on any atom is -0.744 e. The zero-order chi connectivity index (χ0) is 24.1. The number of rotatable bonds is 10. The second kappa shape index (κ2) is 14.3. The first-order valence-electron chi connectivity index (χ1n) is 8.90. The third kappa shape index (κ3) is 8.72. The van der Waals surface area contributed by atoms with Crippen LogP contribution in [-0.2, 0) is 33.5 Å². The maximum atomic E-state index is 12.3. The van der Waals surface area contributed by atoms with Gasteiger partial charge >= 0.3 is 59.1 Å². The van der Waals surface area contributed by atoms with E-state index in [1.165, 1.54) is 30.3 Å². The second-order valence-corrected chi connectivity index (χ2v) is 10.3. The number of hydrogen-bond donors (Lipinski definition) is 1. The predicted molar refractivity (Wildman–Crippen MR) is 115 cm³/mol. The molecular weight excluding hydrogens is 544 g/mol. The normalized spacial score (nSPS) is 11.8. The van der Waals surface area contributed by atoms with Crippen molar-refractivity contribution in [1.82, 2.24) is 0 Å². The summed E-state index contributed by atoms with van der Waals surface area (Å²) in [5, 5.41) is 21.1. The van der Waals surface area contributed by atoms with E-state index >= 15 is 0 Å². The molecule has 0 aliphatic rings. The van der Waals surface area contributed by atoms with Gasteiger partial charge in [0.15, 0.2) is 22.2 Å². The van der Waals surface area contributed by atoms with Crippen LogP contribution in [0.25, 0.3) is 10.8 Å². The first-order chi connectivity index (χ1) is 15.6. The van der Waals surface area contributed by atoms with Crippen LogP contribution >= 0.6 is 12.3 Å². The molecule has 3 aromatic rings. The van der Waals surface area contributed by atoms with Crippen molar-refractivity contribution in [3.63, 3.8) is 0 Å². The van der Waals surface area contributed by atoms with Crippen molar-refractivity contribution in [2.45, 2.75) is 9.79 Å². The van der Waals surface area contributed by atoms with E-state index < -0.39 is 24.9 Å². The Bertz CT molecular complexity index is 1390. The van der Waals surface area contributed by atoms with Crippen LogP contribution in [0.2, 0.25) is 0 Å². The smallest absolute Gasteiger partial charge is 0.744 e. The summed E-state index contributed by atoms with van der Waals surface area (Å²) in [6.45, 7) is -0.260. The average molecular weight is 560 g/mol. The molecule has 0 fully saturated rings. The van der Waals surface area contributed by atoms with Crippen LogP contribution in [0.3, 0.4) is 0 Å². The van der Waals surface area contributed by atoms with Gasteiger partial charge in [0.1, 0.15) is 15.8 Å². The molecule has 2 N–H and O–H groups in total. The molecule has 0 spiro atoms. The Balaban J connectivity index is 0.00000306. The summed E-state index contributed by atoms with van der Waals surface area (Å²) in [5.41, 5.74) is 6.43. The summed E-state index contributed by atoms with van der Waals surface area (Å²) in [6.07, 6.45) is 0. The summed E-state index contributed by atoms with van der Waals surface area (Å²) >= 11 is 0.206. The number of fused-ring (bicyclic) bond motifs is 1. The van der Waals surface area contributed by atoms with E-state index in [1.54, 1.807) is 18.2 Å². The van der Waals surface area contributed by atoms with E-state index in [1.807, 2.05) is 0 Å². The van der Waals surface area contributed by atoms with E-state index in [4.69, 9.17) is 9.92 Å². The fraction of sp³-hybridized carbons (Fsp3) is 0.111. The molecule has 17 heteroatoms. The van der Waals surface area contributed by atoms with Gasteiger partial charge in [0.2, 0.25) is 0 Å². The number of nitrogen functional groups attached to an aromatic ring is 1. The van der Waals surface area contributed by atoms with Crippen molar-refractivity contribution in [3.8, 4) is 0 Å². The monoisotopic (exact) mass is 559 g/mol. The Hall–Kier alpha value is -0.630. The molecule has 0 radical (unpaired) electrons. The Kier molecular flexibility index (Phi) is 13.3. The van der Waals surface area contributed by atoms with Gasteiger partial charge in [0, 0.05) is 10.8 Å². The molecule has 0 saturated carbocycles. The van der Waals surface area contributed by atoms with Crippen LogP contribution in [0.4, 0.5) is 17.1 Å². The molecule has 0 amide bonds. The van der Waals surface area contributed by atoms with Crippen molar-refractivity contribution in [2.75, 3.05) is 18.1 Å². The van der Waals surface area contributed by atoms with Crippen LogP contribution in [0.5, 0.6) is 0 Å². The number of sulfone groups is 1. The molecule has 0 aliphatic carbocycles. The van der Waals surface area contributed by atoms with Crippen molar-refractivity contribution in [2.24, 2.45) is 10.2 Å². The summed E-state index contributed by atoms with van der Waals surface area (Å²) in [6, 6.07) is 12.6. The number of benzene rings is 3. The Morgan fingerprint density at radius 2 is 1.57 bits per heavy atom. The zero-order valence-corrected chi connectivity index (χ0v) is 24.9. The minimum absolute atomic E-state index is 0. The van der Waals surface area contributed by atoms with Crippen molar-refractivity contribution in [1.29, 1.82) is 0 Å². The molecule has 0 atom stereocenters. The van der Waals surface area contributed by atoms with E-state index in [0.29, 0.717) is 5.39 Å². The topological polar surface area (TPSA) is 193 Å². The third-order valence-corrected chi connectivity index (χ3v) is 7.25. The molecule has 12 nitrogen and oxygen atoms in total. The molecule has 3 aromatic carbocycles. The van der Waals surface area contributed by atoms with Gasteiger partial charge in [-0.1, -0.05) is 24.3 Å². The van der Waals surface area contributed by atoms with E-state index in [0.717, 1.165) is 6.07 Å². The largest absolute Gasteiger partial charge is 1.00 e. The SMILES string of the molecule is Nc1c(N=Nc2ccc(S(=O)(=O)CCOSOO[O-])cc2)cc(S(=O)(=O)[O-])c2ccccc12.[Na+].[Na+]. The van der Waals surface area contributed by atoms with Crippen molar-refractivity contribution >= 4 is 60.1 Å². The van der Waals surface area contributed by atoms with E-state index in [-0.39, 0.29) is 111 Å². The number of anilines is 1. The summed E-state index contributed by atoms with van der Waals surface area (Å²) in [7, 11) is -8.49. The number of azo groups is 1. The van der Waals surface area contributed by atoms with Gasteiger partial charge in [-0.3, -0.25) is 9.22 Å². The van der Waals surface area contributed by atoms with Crippen LogP contribution in [-0.4, -0.2) is 33.7 Å². The van der Waals surface area contributed by atoms with Gasteiger partial charge < -0.3 is 15.5 Å².